The lowest BCUT2D eigenvalue weighted by molar-refractivity contribution is -0.308. The van der Waals surface area contributed by atoms with E-state index in [1.165, 1.54) is 0 Å². The van der Waals surface area contributed by atoms with Crippen LogP contribution in [0.4, 0.5) is 0 Å². The third-order valence-electron chi connectivity index (χ3n) is 7.21. The van der Waals surface area contributed by atoms with Crippen molar-refractivity contribution in [1.29, 1.82) is 0 Å². The van der Waals surface area contributed by atoms with Crippen molar-refractivity contribution in [1.82, 2.24) is 10.3 Å². The highest BCUT2D eigenvalue weighted by molar-refractivity contribution is 6.00. The average molecular weight is 514 g/mol. The number of aromatic nitrogens is 1. The molecule has 5 rings (SSSR count). The Kier molecular flexibility index (Phi) is 6.13. The number of rotatable bonds is 6. The summed E-state index contributed by atoms with van der Waals surface area (Å²) in [7, 11) is 0. The number of hydrogen-bond donors (Lipinski definition) is 2. The van der Waals surface area contributed by atoms with Crippen LogP contribution < -0.4 is 16.0 Å². The Morgan fingerprint density at radius 3 is 2.50 bits per heavy atom. The molecule has 0 unspecified atom stereocenters. The number of benzene rings is 2. The Bertz CT molecular complexity index is 1780. The maximum atomic E-state index is 13.0. The van der Waals surface area contributed by atoms with Crippen molar-refractivity contribution in [3.63, 3.8) is 0 Å². The van der Waals surface area contributed by atoms with E-state index in [4.69, 9.17) is 8.83 Å². The maximum Gasteiger partial charge on any atom is 0.340 e. The Labute approximate surface area is 218 Å². The van der Waals surface area contributed by atoms with E-state index >= 15 is 0 Å². The molecular formula is C30H29N2O6-. The first-order chi connectivity index (χ1) is 18.0. The lowest BCUT2D eigenvalue weighted by atomic mass is 9.86. The lowest BCUT2D eigenvalue weighted by Gasteiger charge is -2.20. The summed E-state index contributed by atoms with van der Waals surface area (Å²) in [5, 5.41) is 16.9. The van der Waals surface area contributed by atoms with Gasteiger partial charge in [0.1, 0.15) is 11.2 Å². The van der Waals surface area contributed by atoms with Crippen LogP contribution in [0.3, 0.4) is 0 Å². The minimum atomic E-state index is -1.40. The van der Waals surface area contributed by atoms with Crippen molar-refractivity contribution in [2.75, 3.05) is 0 Å². The normalized spacial score (nSPS) is 12.9. The van der Waals surface area contributed by atoms with Gasteiger partial charge in [-0.15, -0.1) is 0 Å². The fraction of sp³-hybridized carbons (Fsp3) is 0.300. The number of carboxylic acids is 1. The number of furan rings is 1. The van der Waals surface area contributed by atoms with Crippen LogP contribution in [-0.4, -0.2) is 22.9 Å². The van der Waals surface area contributed by atoms with E-state index < -0.39 is 23.5 Å². The predicted molar refractivity (Wildman–Crippen MR) is 143 cm³/mol. The Hall–Kier alpha value is -4.33. The lowest BCUT2D eigenvalue weighted by Crippen LogP contribution is -2.49. The third-order valence-corrected chi connectivity index (χ3v) is 7.21. The number of carboxylic acid groups (broad SMARTS) is 1. The molecule has 0 bridgehead atoms. The molecule has 0 radical (unpaired) electrons. The molecule has 2 aromatic carbocycles. The van der Waals surface area contributed by atoms with E-state index in [0.29, 0.717) is 27.7 Å². The fourth-order valence-electron chi connectivity index (χ4n) is 5.10. The minimum absolute atomic E-state index is 0.0383. The van der Waals surface area contributed by atoms with Gasteiger partial charge in [0.15, 0.2) is 0 Å². The van der Waals surface area contributed by atoms with E-state index in [0.717, 1.165) is 27.4 Å². The number of aryl methyl sites for hydroxylation is 2. The molecule has 5 aromatic rings. The molecule has 1 amide bonds. The standard InChI is InChI=1S/C30H30N2O6/c1-15-19-11-21-22(30(3,4)5)14-37-26(21)16(2)27(19)38-29(36)20(15)12-25(33)32-24(28(34)35)10-17-13-31-23-9-7-6-8-18(17)23/h6-9,11,13-14,24,31H,10,12H2,1-5H3,(H,32,33)(H,34,35)/p-1/t24-/m0/s1. The zero-order chi connectivity index (χ0) is 27.4. The van der Waals surface area contributed by atoms with E-state index in [-0.39, 0.29) is 23.8 Å². The van der Waals surface area contributed by atoms with Gasteiger partial charge in [0.05, 0.1) is 30.3 Å². The molecule has 0 fully saturated rings. The number of carbonyl (C=O) groups is 2. The molecule has 8 nitrogen and oxygen atoms in total. The third kappa shape index (κ3) is 4.36. The van der Waals surface area contributed by atoms with Crippen LogP contribution in [0.25, 0.3) is 32.8 Å². The number of amides is 1. The van der Waals surface area contributed by atoms with E-state index in [2.05, 4.69) is 31.1 Å². The van der Waals surface area contributed by atoms with Gasteiger partial charge >= 0.3 is 5.63 Å². The second kappa shape index (κ2) is 9.20. The molecule has 0 aliphatic carbocycles. The Morgan fingerprint density at radius 1 is 1.05 bits per heavy atom. The number of aromatic amines is 1. The molecular weight excluding hydrogens is 484 g/mol. The SMILES string of the molecule is Cc1c(CC(=O)N[C@@H](Cc2c[nH]c3ccccc23)C(=O)[O-])c(=O)oc2c(C)c3occ(C(C)(C)C)c3cc12. The number of H-pyrrole nitrogens is 1. The molecule has 3 aromatic heterocycles. The zero-order valence-corrected chi connectivity index (χ0v) is 22.0. The molecule has 1 atom stereocenters. The van der Waals surface area contributed by atoms with Gasteiger partial charge in [-0.25, -0.2) is 4.79 Å². The molecule has 38 heavy (non-hydrogen) atoms. The molecule has 3 heterocycles. The highest BCUT2D eigenvalue weighted by atomic mass is 16.4. The number of fused-ring (bicyclic) bond motifs is 3. The summed E-state index contributed by atoms with van der Waals surface area (Å²) in [6, 6.07) is 8.16. The molecule has 0 spiro atoms. The molecule has 196 valence electrons. The molecule has 8 heteroatoms. The fourth-order valence-corrected chi connectivity index (χ4v) is 5.10. The van der Waals surface area contributed by atoms with Crippen LogP contribution in [0.5, 0.6) is 0 Å². The zero-order valence-electron chi connectivity index (χ0n) is 22.0. The van der Waals surface area contributed by atoms with Crippen molar-refractivity contribution in [2.45, 2.75) is 58.9 Å². The number of para-hydroxylation sites is 1. The van der Waals surface area contributed by atoms with Crippen LogP contribution in [0.2, 0.25) is 0 Å². The minimum Gasteiger partial charge on any atom is -0.548 e. The molecule has 2 N–H and O–H groups in total. The monoisotopic (exact) mass is 513 g/mol. The van der Waals surface area contributed by atoms with Crippen molar-refractivity contribution >= 4 is 44.7 Å². The number of hydrogen-bond acceptors (Lipinski definition) is 6. The predicted octanol–water partition coefficient (Wildman–Crippen LogP) is 3.95. The van der Waals surface area contributed by atoms with E-state index in [1.807, 2.05) is 37.3 Å². The number of aliphatic carboxylic acids is 1. The quantitative estimate of drug-likeness (QED) is 0.331. The maximum absolute atomic E-state index is 13.0. The first-order valence-corrected chi connectivity index (χ1v) is 12.5. The van der Waals surface area contributed by atoms with Gasteiger partial charge < -0.3 is 29.0 Å². The number of nitrogens with one attached hydrogen (secondary N) is 2. The van der Waals surface area contributed by atoms with E-state index in [9.17, 15) is 19.5 Å². The van der Waals surface area contributed by atoms with Gasteiger partial charge in [0, 0.05) is 45.4 Å². The highest BCUT2D eigenvalue weighted by Crippen LogP contribution is 2.37. The summed E-state index contributed by atoms with van der Waals surface area (Å²) < 4.78 is 11.5. The summed E-state index contributed by atoms with van der Waals surface area (Å²) in [6.07, 6.45) is 3.17. The van der Waals surface area contributed by atoms with Gasteiger partial charge in [-0.1, -0.05) is 39.0 Å². The Balaban J connectivity index is 1.47. The van der Waals surface area contributed by atoms with Crippen LogP contribution in [-0.2, 0) is 27.8 Å². The highest BCUT2D eigenvalue weighted by Gasteiger charge is 2.25. The van der Waals surface area contributed by atoms with Crippen molar-refractivity contribution < 1.29 is 23.5 Å². The van der Waals surface area contributed by atoms with Gasteiger partial charge in [-0.3, -0.25) is 4.79 Å². The molecule has 0 aliphatic rings. The van der Waals surface area contributed by atoms with Crippen molar-refractivity contribution in [3.8, 4) is 0 Å². The van der Waals surface area contributed by atoms with Crippen LogP contribution in [0, 0.1) is 13.8 Å². The second-order valence-electron chi connectivity index (χ2n) is 10.8. The van der Waals surface area contributed by atoms with E-state index in [1.54, 1.807) is 19.4 Å². The summed E-state index contributed by atoms with van der Waals surface area (Å²) in [5.74, 6) is -2.01. The van der Waals surface area contributed by atoms with Gasteiger partial charge in [-0.05, 0) is 42.5 Å². The average Bonchev–Trinajstić information content (AvgIpc) is 3.47. The summed E-state index contributed by atoms with van der Waals surface area (Å²) in [5.41, 5.74) is 4.39. The Morgan fingerprint density at radius 2 is 1.79 bits per heavy atom. The molecule has 0 aliphatic heterocycles. The summed E-state index contributed by atoms with van der Waals surface area (Å²) >= 11 is 0. The van der Waals surface area contributed by atoms with Gasteiger partial charge in [-0.2, -0.15) is 0 Å². The first-order valence-electron chi connectivity index (χ1n) is 12.5. The topological polar surface area (TPSA) is 128 Å². The summed E-state index contributed by atoms with van der Waals surface area (Å²) in [4.78, 5) is 40.9. The molecule has 0 saturated carbocycles. The largest absolute Gasteiger partial charge is 0.548 e. The van der Waals surface area contributed by atoms with Crippen LogP contribution >= 0.6 is 0 Å². The molecule has 0 saturated heterocycles. The van der Waals surface area contributed by atoms with Gasteiger partial charge in [0.2, 0.25) is 5.91 Å². The second-order valence-corrected chi connectivity index (χ2v) is 10.8. The van der Waals surface area contributed by atoms with Crippen molar-refractivity contribution in [2.24, 2.45) is 0 Å². The number of carbonyl (C=O) groups excluding carboxylic acids is 2. The van der Waals surface area contributed by atoms with Crippen LogP contribution in [0.1, 0.15) is 48.6 Å². The van der Waals surface area contributed by atoms with Gasteiger partial charge in [0.25, 0.3) is 0 Å². The summed E-state index contributed by atoms with van der Waals surface area (Å²) in [6.45, 7) is 9.88. The first kappa shape index (κ1) is 25.3. The van der Waals surface area contributed by atoms with Crippen LogP contribution in [0.15, 0.2) is 56.4 Å². The smallest absolute Gasteiger partial charge is 0.340 e. The van der Waals surface area contributed by atoms with Crippen molar-refractivity contribution in [3.05, 3.63) is 81.0 Å².